The molecule has 0 saturated heterocycles. The van der Waals surface area contributed by atoms with Crippen LogP contribution in [0, 0.1) is 6.92 Å². The van der Waals surface area contributed by atoms with Crippen LogP contribution in [-0.2, 0) is 0 Å². The number of hydrogen-bond donors (Lipinski definition) is 1. The molecule has 0 fully saturated rings. The summed E-state index contributed by atoms with van der Waals surface area (Å²) in [4.78, 5) is 1.42. The number of hydrogen-bond acceptors (Lipinski definition) is 2. The summed E-state index contributed by atoms with van der Waals surface area (Å²) in [6.07, 6.45) is 2.22. The maximum Gasteiger partial charge on any atom is 0.0731 e. The average molecular weight is 302 g/mol. The predicted molar refractivity (Wildman–Crippen MR) is 77.2 cm³/mol. The van der Waals surface area contributed by atoms with Crippen molar-refractivity contribution in [2.24, 2.45) is 0 Å². The molecule has 1 aromatic rings. The van der Waals surface area contributed by atoms with Crippen LogP contribution in [0.15, 0.2) is 22.0 Å². The highest BCUT2D eigenvalue weighted by molar-refractivity contribution is 9.11. The molecule has 16 heavy (non-hydrogen) atoms. The van der Waals surface area contributed by atoms with Crippen LogP contribution in [0.2, 0.25) is 0 Å². The van der Waals surface area contributed by atoms with E-state index in [1.807, 2.05) is 11.3 Å². The van der Waals surface area contributed by atoms with Crippen LogP contribution in [0.5, 0.6) is 0 Å². The van der Waals surface area contributed by atoms with Gasteiger partial charge in [-0.05, 0) is 60.8 Å². The van der Waals surface area contributed by atoms with Crippen molar-refractivity contribution in [3.8, 4) is 0 Å². The Labute approximate surface area is 111 Å². The van der Waals surface area contributed by atoms with E-state index in [-0.39, 0.29) is 0 Å². The fourth-order valence-corrected chi connectivity index (χ4v) is 3.32. The Balaban J connectivity index is 2.72. The molecule has 1 atom stereocenters. The SMILES string of the molecule is C=C(C)CCC(NCC)c1cc(C)c(Br)s1. The van der Waals surface area contributed by atoms with Crippen LogP contribution in [0.3, 0.4) is 0 Å². The summed E-state index contributed by atoms with van der Waals surface area (Å²) < 4.78 is 1.25. The van der Waals surface area contributed by atoms with Gasteiger partial charge in [0.15, 0.2) is 0 Å². The first-order valence-corrected chi connectivity index (χ1v) is 7.29. The second-order valence-electron chi connectivity index (χ2n) is 4.21. The molecule has 0 aliphatic carbocycles. The second-order valence-corrected chi connectivity index (χ2v) is 6.61. The topological polar surface area (TPSA) is 12.0 Å². The molecule has 1 N–H and O–H groups in total. The van der Waals surface area contributed by atoms with Gasteiger partial charge in [-0.1, -0.05) is 12.5 Å². The first-order chi connectivity index (χ1) is 7.54. The van der Waals surface area contributed by atoms with Gasteiger partial charge in [0.25, 0.3) is 0 Å². The number of allylic oxidation sites excluding steroid dienone is 1. The molecule has 0 aliphatic heterocycles. The summed E-state index contributed by atoms with van der Waals surface area (Å²) in [5, 5.41) is 3.54. The number of rotatable bonds is 6. The zero-order valence-corrected chi connectivity index (χ0v) is 12.7. The van der Waals surface area contributed by atoms with Crippen molar-refractivity contribution in [1.29, 1.82) is 0 Å². The molecular weight excluding hydrogens is 282 g/mol. The fourth-order valence-electron chi connectivity index (χ4n) is 1.64. The van der Waals surface area contributed by atoms with E-state index < -0.39 is 0 Å². The Hall–Kier alpha value is -0.120. The Morgan fingerprint density at radius 1 is 1.62 bits per heavy atom. The second kappa shape index (κ2) is 6.58. The van der Waals surface area contributed by atoms with Crippen molar-refractivity contribution in [2.45, 2.75) is 39.7 Å². The molecule has 0 bridgehead atoms. The molecule has 0 aromatic carbocycles. The predicted octanol–water partition coefficient (Wildman–Crippen LogP) is 4.83. The molecule has 0 aliphatic rings. The Morgan fingerprint density at radius 2 is 2.31 bits per heavy atom. The van der Waals surface area contributed by atoms with Gasteiger partial charge < -0.3 is 5.32 Å². The first-order valence-electron chi connectivity index (χ1n) is 5.68. The van der Waals surface area contributed by atoms with Crippen LogP contribution in [0.1, 0.15) is 43.2 Å². The first kappa shape index (κ1) is 13.9. The minimum absolute atomic E-state index is 0.469. The summed E-state index contributed by atoms with van der Waals surface area (Å²) >= 11 is 5.43. The van der Waals surface area contributed by atoms with Gasteiger partial charge in [-0.25, -0.2) is 0 Å². The largest absolute Gasteiger partial charge is 0.310 e. The Morgan fingerprint density at radius 3 is 2.75 bits per heavy atom. The molecule has 90 valence electrons. The van der Waals surface area contributed by atoms with Crippen LogP contribution >= 0.6 is 27.3 Å². The van der Waals surface area contributed by atoms with Crippen LogP contribution in [0.4, 0.5) is 0 Å². The summed E-state index contributed by atoms with van der Waals surface area (Å²) in [7, 11) is 0. The summed E-state index contributed by atoms with van der Waals surface area (Å²) in [5.74, 6) is 0. The van der Waals surface area contributed by atoms with E-state index in [1.165, 1.54) is 19.8 Å². The third-order valence-corrected chi connectivity index (χ3v) is 4.78. The lowest BCUT2D eigenvalue weighted by atomic mass is 10.1. The van der Waals surface area contributed by atoms with Gasteiger partial charge in [-0.3, -0.25) is 0 Å². The quantitative estimate of drug-likeness (QED) is 0.742. The van der Waals surface area contributed by atoms with Crippen molar-refractivity contribution in [1.82, 2.24) is 5.32 Å². The number of aryl methyl sites for hydroxylation is 1. The van der Waals surface area contributed by atoms with E-state index in [2.05, 4.69) is 54.7 Å². The van der Waals surface area contributed by atoms with Gasteiger partial charge in [0.05, 0.1) is 3.79 Å². The molecule has 1 rings (SSSR count). The highest BCUT2D eigenvalue weighted by atomic mass is 79.9. The van der Waals surface area contributed by atoms with Crippen molar-refractivity contribution < 1.29 is 0 Å². The van der Waals surface area contributed by atoms with E-state index in [0.29, 0.717) is 6.04 Å². The van der Waals surface area contributed by atoms with Gasteiger partial charge >= 0.3 is 0 Å². The smallest absolute Gasteiger partial charge is 0.0731 e. The lowest BCUT2D eigenvalue weighted by Gasteiger charge is -2.16. The van der Waals surface area contributed by atoms with Gasteiger partial charge in [0, 0.05) is 10.9 Å². The minimum Gasteiger partial charge on any atom is -0.310 e. The number of thiophene rings is 1. The van der Waals surface area contributed by atoms with Gasteiger partial charge in [0.1, 0.15) is 0 Å². The maximum atomic E-state index is 3.97. The Bertz CT molecular complexity index is 337. The molecule has 0 radical (unpaired) electrons. The molecule has 1 heterocycles. The highest BCUT2D eigenvalue weighted by Gasteiger charge is 2.13. The van der Waals surface area contributed by atoms with Crippen molar-refractivity contribution >= 4 is 27.3 Å². The number of halogens is 1. The number of nitrogens with one attached hydrogen (secondary N) is 1. The lowest BCUT2D eigenvalue weighted by Crippen LogP contribution is -2.19. The summed E-state index contributed by atoms with van der Waals surface area (Å²) in [6, 6.07) is 2.75. The van der Waals surface area contributed by atoms with Gasteiger partial charge in [-0.15, -0.1) is 17.9 Å². The van der Waals surface area contributed by atoms with Crippen LogP contribution in [0.25, 0.3) is 0 Å². The van der Waals surface area contributed by atoms with E-state index in [9.17, 15) is 0 Å². The van der Waals surface area contributed by atoms with Gasteiger partial charge in [-0.2, -0.15) is 0 Å². The summed E-state index contributed by atoms with van der Waals surface area (Å²) in [6.45, 7) is 11.4. The molecule has 0 amide bonds. The maximum absolute atomic E-state index is 3.97. The van der Waals surface area contributed by atoms with E-state index in [4.69, 9.17) is 0 Å². The zero-order chi connectivity index (χ0) is 12.1. The van der Waals surface area contributed by atoms with Crippen molar-refractivity contribution in [3.63, 3.8) is 0 Å². The van der Waals surface area contributed by atoms with E-state index >= 15 is 0 Å². The molecule has 1 aromatic heterocycles. The highest BCUT2D eigenvalue weighted by Crippen LogP contribution is 2.33. The molecule has 0 saturated carbocycles. The molecule has 1 unspecified atom stereocenters. The molecule has 1 nitrogen and oxygen atoms in total. The normalized spacial score (nSPS) is 12.8. The minimum atomic E-state index is 0.469. The zero-order valence-electron chi connectivity index (χ0n) is 10.3. The van der Waals surface area contributed by atoms with Crippen LogP contribution < -0.4 is 5.32 Å². The Kier molecular flexibility index (Phi) is 5.73. The fraction of sp³-hybridized carbons (Fsp3) is 0.538. The van der Waals surface area contributed by atoms with Crippen molar-refractivity contribution in [2.75, 3.05) is 6.54 Å². The van der Waals surface area contributed by atoms with Crippen LogP contribution in [-0.4, -0.2) is 6.54 Å². The third kappa shape index (κ3) is 4.04. The molecular formula is C13H20BrNS. The standard InChI is InChI=1S/C13H20BrNS/c1-5-15-11(7-6-9(2)3)12-8-10(4)13(14)16-12/h8,11,15H,2,5-7H2,1,3-4H3. The molecule has 3 heteroatoms. The lowest BCUT2D eigenvalue weighted by molar-refractivity contribution is 0.522. The monoisotopic (exact) mass is 301 g/mol. The average Bonchev–Trinajstić information content (AvgIpc) is 2.53. The van der Waals surface area contributed by atoms with E-state index in [1.54, 1.807) is 0 Å². The van der Waals surface area contributed by atoms with Gasteiger partial charge in [0.2, 0.25) is 0 Å². The summed E-state index contributed by atoms with van der Waals surface area (Å²) in [5.41, 5.74) is 2.59. The molecule has 0 spiro atoms. The van der Waals surface area contributed by atoms with Crippen molar-refractivity contribution in [3.05, 3.63) is 32.4 Å². The third-order valence-electron chi connectivity index (χ3n) is 2.53. The van der Waals surface area contributed by atoms with E-state index in [0.717, 1.165) is 19.4 Å².